The minimum absolute atomic E-state index is 0. The van der Waals surface area contributed by atoms with Crippen LogP contribution in [0.25, 0.3) is 22.6 Å². The molecule has 196 valence electrons. The molecule has 0 radical (unpaired) electrons. The number of hydrogen-bond donors (Lipinski definition) is 1. The Hall–Kier alpha value is -3.33. The molecule has 0 bridgehead atoms. The first-order chi connectivity index (χ1) is 16.9. The van der Waals surface area contributed by atoms with Gasteiger partial charge in [0.05, 0.1) is 23.0 Å². The van der Waals surface area contributed by atoms with Gasteiger partial charge in [-0.15, -0.1) is 6.07 Å². The van der Waals surface area contributed by atoms with Crippen LogP contribution in [0, 0.1) is 17.7 Å². The second kappa shape index (κ2) is 10.6. The van der Waals surface area contributed by atoms with Gasteiger partial charge in [0.1, 0.15) is 5.75 Å². The minimum Gasteiger partial charge on any atom is -0.508 e. The maximum absolute atomic E-state index is 14.7. The van der Waals surface area contributed by atoms with E-state index < -0.39 is 46.4 Å². The van der Waals surface area contributed by atoms with Gasteiger partial charge in [0, 0.05) is 44.3 Å². The summed E-state index contributed by atoms with van der Waals surface area (Å²) in [6.07, 6.45) is -11.1. The number of hydrogen-bond acceptors (Lipinski definition) is 3. The second-order valence-corrected chi connectivity index (χ2v) is 7.60. The number of para-hydroxylation sites is 1. The minimum atomic E-state index is -5.74. The number of rotatable bonds is 4. The zero-order valence-electron chi connectivity index (χ0n) is 18.2. The van der Waals surface area contributed by atoms with Crippen LogP contribution in [0.4, 0.5) is 35.1 Å². The normalized spacial score (nSPS) is 11.8. The molecule has 2 aromatic heterocycles. The molecule has 0 aliphatic rings. The first-order valence-corrected chi connectivity index (χ1v) is 10.2. The molecule has 37 heavy (non-hydrogen) atoms. The zero-order chi connectivity index (χ0) is 26.3. The van der Waals surface area contributed by atoms with Gasteiger partial charge >= 0.3 is 12.4 Å². The van der Waals surface area contributed by atoms with Crippen molar-refractivity contribution < 1.29 is 61.3 Å². The van der Waals surface area contributed by atoms with Crippen LogP contribution in [0.2, 0.25) is 0 Å². The summed E-state index contributed by atoms with van der Waals surface area (Å²) < 4.78 is 108. The van der Waals surface area contributed by atoms with Crippen molar-refractivity contribution in [1.29, 1.82) is 0 Å². The Morgan fingerprint density at radius 3 is 1.92 bits per heavy atom. The Labute approximate surface area is 219 Å². The van der Waals surface area contributed by atoms with Crippen LogP contribution >= 0.6 is 0 Å². The van der Waals surface area contributed by atoms with E-state index in [4.69, 9.17) is 0 Å². The number of benzene rings is 2. The van der Waals surface area contributed by atoms with Gasteiger partial charge in [0.15, 0.2) is 0 Å². The molecule has 0 saturated carbocycles. The van der Waals surface area contributed by atoms with Gasteiger partial charge in [-0.3, -0.25) is 18.7 Å². The maximum atomic E-state index is 14.7. The van der Waals surface area contributed by atoms with E-state index in [0.717, 1.165) is 6.07 Å². The van der Waals surface area contributed by atoms with E-state index in [2.05, 4.69) is 9.97 Å². The average molecular weight is 704 g/mol. The van der Waals surface area contributed by atoms with Crippen LogP contribution in [-0.2, 0) is 39.8 Å². The fraction of sp³-hybridized carbons (Fsp3) is 0.120. The standard InChI is InChI=1S/C25H13F8N2O.Pt/c26-22-15(12-16(24(28,29)30)23(27)21(22)25(31,32)33)17-7-4-9-19(35-17)18-8-3-6-14(34-18)11-13-5-1-2-10-20(13)36;/h1-10,36H,11H2;/q-1;. The smallest absolute Gasteiger partial charge is 0.405 e. The molecular formula is C25H13F8N2OPt-. The Balaban J connectivity index is 0.00000380. The SMILES string of the molecule is Oc1ccccc1Cc1cccc(-c2cccc(-c3[c-]c(C(F)(F)F)c(F)c(C(F)(F)F)c3F)n2)n1.[Pt]. The van der Waals surface area contributed by atoms with E-state index in [9.17, 15) is 40.2 Å². The Kier molecular flexibility index (Phi) is 8.07. The summed E-state index contributed by atoms with van der Waals surface area (Å²) >= 11 is 0. The van der Waals surface area contributed by atoms with E-state index in [1.165, 1.54) is 30.3 Å². The van der Waals surface area contributed by atoms with Crippen LogP contribution in [0.15, 0.2) is 60.7 Å². The molecule has 2 heterocycles. The fourth-order valence-corrected chi connectivity index (χ4v) is 3.49. The molecular weight excluding hydrogens is 691 g/mol. The fourth-order valence-electron chi connectivity index (χ4n) is 3.49. The Morgan fingerprint density at radius 2 is 1.30 bits per heavy atom. The molecule has 1 N–H and O–H groups in total. The summed E-state index contributed by atoms with van der Waals surface area (Å²) in [6, 6.07) is 16.2. The summed E-state index contributed by atoms with van der Waals surface area (Å²) in [7, 11) is 0. The molecule has 4 rings (SSSR count). The van der Waals surface area contributed by atoms with E-state index >= 15 is 0 Å². The number of halogens is 8. The summed E-state index contributed by atoms with van der Waals surface area (Å²) in [5, 5.41) is 9.96. The molecule has 0 amide bonds. The number of aromatic hydroxyl groups is 1. The number of phenols is 1. The van der Waals surface area contributed by atoms with E-state index in [-0.39, 0.29) is 44.6 Å². The maximum Gasteiger partial charge on any atom is 0.405 e. The number of alkyl halides is 6. The van der Waals surface area contributed by atoms with Crippen molar-refractivity contribution in [2.75, 3.05) is 0 Å². The summed E-state index contributed by atoms with van der Waals surface area (Å²) in [5.41, 5.74) is -5.77. The van der Waals surface area contributed by atoms with Gasteiger partial charge in [0.2, 0.25) is 0 Å². The third kappa shape index (κ3) is 5.98. The van der Waals surface area contributed by atoms with Crippen LogP contribution in [0.3, 0.4) is 0 Å². The third-order valence-corrected chi connectivity index (χ3v) is 5.13. The van der Waals surface area contributed by atoms with Crippen molar-refractivity contribution >= 4 is 0 Å². The van der Waals surface area contributed by atoms with Gasteiger partial charge in [-0.1, -0.05) is 42.0 Å². The van der Waals surface area contributed by atoms with Gasteiger partial charge in [-0.2, -0.15) is 26.3 Å². The number of aromatic nitrogens is 2. The van der Waals surface area contributed by atoms with Crippen LogP contribution < -0.4 is 0 Å². The molecule has 0 aliphatic carbocycles. The first kappa shape index (κ1) is 28.2. The Bertz CT molecular complexity index is 1440. The second-order valence-electron chi connectivity index (χ2n) is 7.60. The zero-order valence-corrected chi connectivity index (χ0v) is 20.4. The molecule has 0 spiro atoms. The molecule has 0 unspecified atom stereocenters. The van der Waals surface area contributed by atoms with E-state index in [0.29, 0.717) is 11.3 Å². The van der Waals surface area contributed by atoms with Gasteiger partial charge in [0.25, 0.3) is 0 Å². The molecule has 12 heteroatoms. The molecule has 2 aromatic carbocycles. The van der Waals surface area contributed by atoms with Crippen LogP contribution in [0.5, 0.6) is 5.75 Å². The van der Waals surface area contributed by atoms with Crippen LogP contribution in [-0.4, -0.2) is 15.1 Å². The Morgan fingerprint density at radius 1 is 0.703 bits per heavy atom. The number of phenolic OH excluding ortho intramolecular Hbond substituents is 1. The van der Waals surface area contributed by atoms with Crippen LogP contribution in [0.1, 0.15) is 22.4 Å². The largest absolute Gasteiger partial charge is 0.508 e. The number of nitrogens with zero attached hydrogens (tertiary/aromatic N) is 2. The molecule has 0 atom stereocenters. The van der Waals surface area contributed by atoms with E-state index in [1.54, 1.807) is 30.3 Å². The predicted octanol–water partition coefficient (Wildman–Crippen LogP) is 7.22. The van der Waals surface area contributed by atoms with Crippen molar-refractivity contribution in [2.24, 2.45) is 0 Å². The van der Waals surface area contributed by atoms with Crippen molar-refractivity contribution in [3.63, 3.8) is 0 Å². The van der Waals surface area contributed by atoms with E-state index in [1.807, 2.05) is 0 Å². The van der Waals surface area contributed by atoms with Crippen molar-refractivity contribution in [2.45, 2.75) is 18.8 Å². The summed E-state index contributed by atoms with van der Waals surface area (Å²) in [6.45, 7) is 0. The molecule has 4 aromatic rings. The average Bonchev–Trinajstić information content (AvgIpc) is 2.79. The molecule has 0 fully saturated rings. The van der Waals surface area contributed by atoms with Crippen molar-refractivity contribution in [3.8, 4) is 28.4 Å². The summed E-state index contributed by atoms with van der Waals surface area (Å²) in [5.74, 6) is -5.03. The molecule has 3 nitrogen and oxygen atoms in total. The quantitative estimate of drug-likeness (QED) is 0.180. The van der Waals surface area contributed by atoms with Gasteiger partial charge in [-0.25, -0.2) is 0 Å². The first-order valence-electron chi connectivity index (χ1n) is 10.2. The van der Waals surface area contributed by atoms with Crippen molar-refractivity contribution in [1.82, 2.24) is 9.97 Å². The van der Waals surface area contributed by atoms with Gasteiger partial charge < -0.3 is 5.11 Å². The predicted molar refractivity (Wildman–Crippen MR) is 113 cm³/mol. The van der Waals surface area contributed by atoms with Gasteiger partial charge in [-0.05, 0) is 35.5 Å². The third-order valence-electron chi connectivity index (χ3n) is 5.13. The summed E-state index contributed by atoms with van der Waals surface area (Å²) in [4.78, 5) is 8.34. The van der Waals surface area contributed by atoms with Crippen molar-refractivity contribution in [3.05, 3.63) is 101 Å². The monoisotopic (exact) mass is 704 g/mol. The topological polar surface area (TPSA) is 46.0 Å². The molecule has 0 aliphatic heterocycles. The molecule has 0 saturated heterocycles. The number of pyridine rings is 2.